The molecule has 0 radical (unpaired) electrons. The normalized spacial score (nSPS) is 10.9. The highest BCUT2D eigenvalue weighted by Crippen LogP contribution is 2.31. The third-order valence-corrected chi connectivity index (χ3v) is 2.78. The minimum absolute atomic E-state index is 0.189. The molecule has 0 amide bonds. The van der Waals surface area contributed by atoms with Crippen LogP contribution >= 0.6 is 11.6 Å². The molecular formula is C12H8ClN3O. The molecule has 0 bridgehead atoms. The molecule has 2 heterocycles. The summed E-state index contributed by atoms with van der Waals surface area (Å²) in [5.41, 5.74) is 2.27. The Hall–Kier alpha value is -2.07. The first-order valence-electron chi connectivity index (χ1n) is 5.02. The van der Waals surface area contributed by atoms with Crippen molar-refractivity contribution in [1.82, 2.24) is 14.6 Å². The van der Waals surface area contributed by atoms with Gasteiger partial charge in [0.05, 0.1) is 0 Å². The molecule has 0 fully saturated rings. The smallest absolute Gasteiger partial charge is 0.155 e. The van der Waals surface area contributed by atoms with Crippen LogP contribution in [-0.4, -0.2) is 19.7 Å². The molecule has 0 unspecified atom stereocenters. The quantitative estimate of drug-likeness (QED) is 0.717. The molecule has 84 valence electrons. The SMILES string of the molecule is Oc1ccc(Cl)cc1-c1ccc2ncnn2c1. The van der Waals surface area contributed by atoms with E-state index >= 15 is 0 Å². The van der Waals surface area contributed by atoms with Crippen molar-refractivity contribution >= 4 is 17.2 Å². The van der Waals surface area contributed by atoms with Crippen LogP contribution in [0.3, 0.4) is 0 Å². The summed E-state index contributed by atoms with van der Waals surface area (Å²) in [5, 5.41) is 14.4. The standard InChI is InChI=1S/C12H8ClN3O/c13-9-2-3-11(17)10(5-9)8-1-4-12-14-7-15-16(12)6-8/h1-7,17H. The van der Waals surface area contributed by atoms with Crippen LogP contribution in [0.15, 0.2) is 42.9 Å². The Morgan fingerprint density at radius 2 is 2.06 bits per heavy atom. The minimum atomic E-state index is 0.189. The van der Waals surface area contributed by atoms with Crippen LogP contribution in [0.5, 0.6) is 5.75 Å². The molecule has 5 heteroatoms. The second kappa shape index (κ2) is 3.75. The van der Waals surface area contributed by atoms with Gasteiger partial charge in [-0.05, 0) is 30.3 Å². The van der Waals surface area contributed by atoms with Crippen LogP contribution in [0.4, 0.5) is 0 Å². The van der Waals surface area contributed by atoms with E-state index in [9.17, 15) is 5.11 Å². The van der Waals surface area contributed by atoms with Crippen molar-refractivity contribution in [2.24, 2.45) is 0 Å². The molecule has 17 heavy (non-hydrogen) atoms. The van der Waals surface area contributed by atoms with Crippen LogP contribution in [0.1, 0.15) is 0 Å². The van der Waals surface area contributed by atoms with Gasteiger partial charge in [-0.1, -0.05) is 11.6 Å². The number of fused-ring (bicyclic) bond motifs is 1. The van der Waals surface area contributed by atoms with Crippen molar-refractivity contribution in [2.75, 3.05) is 0 Å². The summed E-state index contributed by atoms with van der Waals surface area (Å²) in [6.45, 7) is 0. The molecule has 0 atom stereocenters. The third kappa shape index (κ3) is 1.72. The molecule has 2 aromatic heterocycles. The molecule has 3 aromatic rings. The lowest BCUT2D eigenvalue weighted by Gasteiger charge is -2.05. The number of hydrogen-bond acceptors (Lipinski definition) is 3. The fourth-order valence-electron chi connectivity index (χ4n) is 1.72. The van der Waals surface area contributed by atoms with Gasteiger partial charge in [0.15, 0.2) is 5.65 Å². The number of aromatic nitrogens is 3. The Labute approximate surface area is 102 Å². The number of aromatic hydroxyl groups is 1. The number of phenols is 1. The second-order valence-electron chi connectivity index (χ2n) is 3.64. The van der Waals surface area contributed by atoms with Crippen LogP contribution in [0.2, 0.25) is 5.02 Å². The Balaban J connectivity index is 2.22. The first-order valence-corrected chi connectivity index (χ1v) is 5.40. The summed E-state index contributed by atoms with van der Waals surface area (Å²) in [5.74, 6) is 0.189. The topological polar surface area (TPSA) is 50.4 Å². The molecule has 0 saturated carbocycles. The van der Waals surface area contributed by atoms with Gasteiger partial charge in [-0.15, -0.1) is 0 Å². The van der Waals surface area contributed by atoms with E-state index in [1.54, 1.807) is 28.9 Å². The number of rotatable bonds is 1. The summed E-state index contributed by atoms with van der Waals surface area (Å²) < 4.78 is 1.65. The predicted octanol–water partition coefficient (Wildman–Crippen LogP) is 2.76. The zero-order chi connectivity index (χ0) is 11.8. The van der Waals surface area contributed by atoms with Crippen molar-refractivity contribution in [3.05, 3.63) is 47.9 Å². The fourth-order valence-corrected chi connectivity index (χ4v) is 1.89. The number of benzene rings is 1. The van der Waals surface area contributed by atoms with Gasteiger partial charge in [0.25, 0.3) is 0 Å². The minimum Gasteiger partial charge on any atom is -0.507 e. The molecule has 1 aromatic carbocycles. The number of nitrogens with zero attached hydrogens (tertiary/aromatic N) is 3. The molecular weight excluding hydrogens is 238 g/mol. The summed E-state index contributed by atoms with van der Waals surface area (Å²) >= 11 is 5.92. The first kappa shape index (κ1) is 10.1. The monoisotopic (exact) mass is 245 g/mol. The molecule has 0 spiro atoms. The van der Waals surface area contributed by atoms with Gasteiger partial charge < -0.3 is 5.11 Å². The molecule has 4 nitrogen and oxygen atoms in total. The maximum atomic E-state index is 9.81. The van der Waals surface area contributed by atoms with E-state index in [4.69, 9.17) is 11.6 Å². The number of pyridine rings is 1. The van der Waals surface area contributed by atoms with E-state index in [1.165, 1.54) is 6.33 Å². The van der Waals surface area contributed by atoms with Crippen molar-refractivity contribution in [3.63, 3.8) is 0 Å². The average molecular weight is 246 g/mol. The Morgan fingerprint density at radius 3 is 2.94 bits per heavy atom. The van der Waals surface area contributed by atoms with Gasteiger partial charge >= 0.3 is 0 Å². The van der Waals surface area contributed by atoms with Crippen molar-refractivity contribution in [3.8, 4) is 16.9 Å². The Kier molecular flexibility index (Phi) is 2.23. The summed E-state index contributed by atoms with van der Waals surface area (Å²) in [6, 6.07) is 8.64. The molecule has 0 aliphatic heterocycles. The fraction of sp³-hybridized carbons (Fsp3) is 0. The maximum Gasteiger partial charge on any atom is 0.155 e. The van der Waals surface area contributed by atoms with E-state index in [-0.39, 0.29) is 5.75 Å². The van der Waals surface area contributed by atoms with Gasteiger partial charge in [-0.2, -0.15) is 5.10 Å². The van der Waals surface area contributed by atoms with E-state index in [2.05, 4.69) is 10.1 Å². The van der Waals surface area contributed by atoms with Crippen LogP contribution in [0.25, 0.3) is 16.8 Å². The van der Waals surface area contributed by atoms with Crippen LogP contribution < -0.4 is 0 Å². The van der Waals surface area contributed by atoms with Gasteiger partial charge in [-0.3, -0.25) is 0 Å². The summed E-state index contributed by atoms with van der Waals surface area (Å²) in [6.07, 6.45) is 3.28. The predicted molar refractivity (Wildman–Crippen MR) is 65.1 cm³/mol. The second-order valence-corrected chi connectivity index (χ2v) is 4.08. The van der Waals surface area contributed by atoms with E-state index in [1.807, 2.05) is 12.1 Å². The summed E-state index contributed by atoms with van der Waals surface area (Å²) in [4.78, 5) is 4.06. The Bertz CT molecular complexity index is 693. The highest BCUT2D eigenvalue weighted by Gasteiger charge is 2.06. The lowest BCUT2D eigenvalue weighted by Crippen LogP contribution is -1.88. The van der Waals surface area contributed by atoms with E-state index < -0.39 is 0 Å². The average Bonchev–Trinajstić information content (AvgIpc) is 2.79. The van der Waals surface area contributed by atoms with Crippen LogP contribution in [-0.2, 0) is 0 Å². The van der Waals surface area contributed by atoms with Gasteiger partial charge in [0.2, 0.25) is 0 Å². The molecule has 1 N–H and O–H groups in total. The van der Waals surface area contributed by atoms with Crippen molar-refractivity contribution in [2.45, 2.75) is 0 Å². The van der Waals surface area contributed by atoms with Gasteiger partial charge in [0.1, 0.15) is 12.1 Å². The maximum absolute atomic E-state index is 9.81. The third-order valence-electron chi connectivity index (χ3n) is 2.54. The number of halogens is 1. The van der Waals surface area contributed by atoms with Crippen molar-refractivity contribution in [1.29, 1.82) is 0 Å². The molecule has 0 saturated heterocycles. The number of phenolic OH excluding ortho intramolecular Hbond substituents is 1. The first-order chi connectivity index (χ1) is 8.24. The summed E-state index contributed by atoms with van der Waals surface area (Å²) in [7, 11) is 0. The largest absolute Gasteiger partial charge is 0.507 e. The molecule has 0 aliphatic carbocycles. The number of hydrogen-bond donors (Lipinski definition) is 1. The van der Waals surface area contributed by atoms with Crippen molar-refractivity contribution < 1.29 is 5.11 Å². The highest BCUT2D eigenvalue weighted by molar-refractivity contribution is 6.31. The van der Waals surface area contributed by atoms with Crippen LogP contribution in [0, 0.1) is 0 Å². The Morgan fingerprint density at radius 1 is 1.18 bits per heavy atom. The lowest BCUT2D eigenvalue weighted by molar-refractivity contribution is 0.477. The zero-order valence-corrected chi connectivity index (χ0v) is 9.46. The zero-order valence-electron chi connectivity index (χ0n) is 8.71. The van der Waals surface area contributed by atoms with E-state index in [0.717, 1.165) is 11.2 Å². The molecule has 3 rings (SSSR count). The highest BCUT2D eigenvalue weighted by atomic mass is 35.5. The van der Waals surface area contributed by atoms with E-state index in [0.29, 0.717) is 10.6 Å². The lowest BCUT2D eigenvalue weighted by atomic mass is 10.1. The molecule has 0 aliphatic rings. The van der Waals surface area contributed by atoms with Gasteiger partial charge in [0, 0.05) is 22.3 Å². The van der Waals surface area contributed by atoms with Gasteiger partial charge in [-0.25, -0.2) is 9.50 Å².